The Morgan fingerprint density at radius 3 is 1.82 bits per heavy atom. The van der Waals surface area contributed by atoms with Crippen molar-refractivity contribution in [3.05, 3.63) is 23.4 Å². The maximum absolute atomic E-state index is 14.0. The minimum atomic E-state index is -0.933. The first kappa shape index (κ1) is 47.6. The van der Waals surface area contributed by atoms with E-state index < -0.39 is 17.5 Å². The Morgan fingerprint density at radius 1 is 0.726 bits per heavy atom. The Balaban J connectivity index is 0.994. The number of hydrogen-bond acceptors (Lipinski definition) is 13. The Hall–Kier alpha value is -3.92. The van der Waals surface area contributed by atoms with Gasteiger partial charge in [-0.3, -0.25) is 19.2 Å². The molecule has 4 atom stereocenters. The molecule has 346 valence electrons. The highest BCUT2D eigenvalue weighted by molar-refractivity contribution is 5.91. The molecule has 2 saturated heterocycles. The maximum Gasteiger partial charge on any atom is 0.307 e. The molecule has 2 aliphatic carbocycles. The van der Waals surface area contributed by atoms with Crippen molar-refractivity contribution in [2.24, 2.45) is 23.7 Å². The van der Waals surface area contributed by atoms with Gasteiger partial charge in [0.05, 0.1) is 12.8 Å². The lowest BCUT2D eigenvalue weighted by atomic mass is 9.70. The Labute approximate surface area is 367 Å². The molecule has 4 fully saturated rings. The van der Waals surface area contributed by atoms with Crippen molar-refractivity contribution in [1.29, 1.82) is 0 Å². The number of rotatable bonds is 19. The normalized spacial score (nSPS) is 24.1. The van der Waals surface area contributed by atoms with Gasteiger partial charge >= 0.3 is 11.9 Å². The summed E-state index contributed by atoms with van der Waals surface area (Å²) in [4.78, 5) is 64.5. The molecule has 4 heterocycles. The number of aromatic nitrogens is 4. The Kier molecular flexibility index (Phi) is 17.4. The maximum atomic E-state index is 14.0. The van der Waals surface area contributed by atoms with Crippen LogP contribution in [0.25, 0.3) is 0 Å². The first-order valence-electron chi connectivity index (χ1n) is 23.8. The van der Waals surface area contributed by atoms with Crippen molar-refractivity contribution >= 4 is 23.8 Å². The van der Waals surface area contributed by atoms with Crippen molar-refractivity contribution < 1.29 is 38.1 Å². The van der Waals surface area contributed by atoms with Gasteiger partial charge in [0.15, 0.2) is 0 Å². The highest BCUT2D eigenvalue weighted by Gasteiger charge is 2.39. The van der Waals surface area contributed by atoms with Crippen LogP contribution in [-0.2, 0) is 14.3 Å². The summed E-state index contributed by atoms with van der Waals surface area (Å²) in [6.07, 6.45) is 18.5. The number of carboxylic acid groups (broad SMARTS) is 1. The zero-order chi connectivity index (χ0) is 44.2. The number of nitrogens with zero attached hydrogens (tertiary/aromatic N) is 6. The zero-order valence-electron chi connectivity index (χ0n) is 38.1. The van der Waals surface area contributed by atoms with Gasteiger partial charge in [0.25, 0.3) is 23.5 Å². The van der Waals surface area contributed by atoms with Gasteiger partial charge in [-0.05, 0) is 103 Å². The molecule has 0 radical (unpaired) electrons. The number of ether oxygens (including phenoxy) is 1. The van der Waals surface area contributed by atoms with Gasteiger partial charge < -0.3 is 39.3 Å². The first-order valence-corrected chi connectivity index (χ1v) is 23.8. The van der Waals surface area contributed by atoms with Gasteiger partial charge in [-0.2, -0.15) is 9.97 Å². The zero-order valence-corrected chi connectivity index (χ0v) is 38.1. The van der Waals surface area contributed by atoms with E-state index in [1.165, 1.54) is 32.1 Å². The van der Waals surface area contributed by atoms with Crippen LogP contribution in [0.4, 0.5) is 0 Å². The van der Waals surface area contributed by atoms with E-state index in [0.717, 1.165) is 83.0 Å². The fraction of sp³-hybridized carbons (Fsp3) is 0.826. The molecule has 3 N–H and O–H groups in total. The number of piperidine rings is 2. The number of amides is 2. The molecule has 62 heavy (non-hydrogen) atoms. The van der Waals surface area contributed by atoms with E-state index in [1.807, 2.05) is 39.8 Å². The van der Waals surface area contributed by atoms with Gasteiger partial charge in [-0.1, -0.05) is 80.9 Å². The van der Waals surface area contributed by atoms with Crippen molar-refractivity contribution in [2.45, 2.75) is 179 Å². The molecule has 4 aliphatic rings. The molecule has 16 heteroatoms. The quantitative estimate of drug-likeness (QED) is 0.120. The smallest absolute Gasteiger partial charge is 0.307 e. The SMILES string of the molecule is CNC1CCN(C(=O)c2noc([C@H](CCCC3CCC(C4CN(C(=O)c5noc([C@H](CCCC6CCCCC6)CC(=O)OC(C)(C)C)n5)CCC4NC)CC3)CC(=O)O)n2)CC1. The molecule has 16 nitrogen and oxygen atoms in total. The van der Waals surface area contributed by atoms with E-state index in [0.29, 0.717) is 62.4 Å². The summed E-state index contributed by atoms with van der Waals surface area (Å²) in [5, 5.41) is 24.6. The molecule has 0 spiro atoms. The second kappa shape index (κ2) is 22.6. The van der Waals surface area contributed by atoms with E-state index in [9.17, 15) is 24.3 Å². The van der Waals surface area contributed by atoms with Crippen LogP contribution < -0.4 is 10.6 Å². The summed E-state index contributed by atoms with van der Waals surface area (Å²) in [5.74, 6) is 0.130. The van der Waals surface area contributed by atoms with Gasteiger partial charge in [0.2, 0.25) is 11.8 Å². The van der Waals surface area contributed by atoms with Crippen LogP contribution >= 0.6 is 0 Å². The molecule has 0 aromatic carbocycles. The van der Waals surface area contributed by atoms with Crippen molar-refractivity contribution in [3.63, 3.8) is 0 Å². The minimum absolute atomic E-state index is 0.000632. The Bertz CT molecular complexity index is 1740. The number of carbonyl (C=O) groups is 4. The molecule has 2 aliphatic heterocycles. The standard InChI is InChI=1S/C46H74N8O8/c1-46(2,3)60-39(57)28-34(16-9-13-30-11-7-6-8-12-30)43-50-41(52-62-43)45(59)54-26-23-37(48-5)36(29-54)32-19-17-31(18-20-32)14-10-15-33(27-38(55)56)42-49-40(51-61-42)44(58)53-24-21-35(47-4)22-25-53/h30-37,47-48H,6-29H2,1-5H3,(H,55,56)/t31?,32?,33-,34-,36?,37?/m1/s1. The predicted octanol–water partition coefficient (Wildman–Crippen LogP) is 7.13. The number of nitrogens with one attached hydrogen (secondary N) is 2. The Morgan fingerprint density at radius 2 is 1.27 bits per heavy atom. The van der Waals surface area contributed by atoms with Crippen LogP contribution in [0, 0.1) is 23.7 Å². The summed E-state index contributed by atoms with van der Waals surface area (Å²) >= 11 is 0. The van der Waals surface area contributed by atoms with Crippen LogP contribution in [0.2, 0.25) is 0 Å². The molecule has 2 amide bonds. The van der Waals surface area contributed by atoms with E-state index in [1.54, 1.807) is 4.90 Å². The lowest BCUT2D eigenvalue weighted by molar-refractivity contribution is -0.155. The fourth-order valence-corrected chi connectivity index (χ4v) is 10.7. The minimum Gasteiger partial charge on any atom is -0.481 e. The third-order valence-corrected chi connectivity index (χ3v) is 14.3. The average Bonchev–Trinajstić information content (AvgIpc) is 3.97. The van der Waals surface area contributed by atoms with E-state index >= 15 is 0 Å². The average molecular weight is 867 g/mol. The van der Waals surface area contributed by atoms with Gasteiger partial charge in [0, 0.05) is 50.1 Å². The highest BCUT2D eigenvalue weighted by Crippen LogP contribution is 2.40. The molecular weight excluding hydrogens is 793 g/mol. The molecular formula is C46H74N8O8. The largest absolute Gasteiger partial charge is 0.481 e. The van der Waals surface area contributed by atoms with Crippen molar-refractivity contribution in [3.8, 4) is 0 Å². The highest BCUT2D eigenvalue weighted by atomic mass is 16.6. The molecule has 6 rings (SSSR count). The number of hydrogen-bond donors (Lipinski definition) is 3. The number of carboxylic acids is 1. The number of likely N-dealkylation sites (tertiary alicyclic amines) is 2. The third-order valence-electron chi connectivity index (χ3n) is 14.3. The van der Waals surface area contributed by atoms with Crippen LogP contribution in [0.1, 0.15) is 194 Å². The summed E-state index contributed by atoms with van der Waals surface area (Å²) in [5.41, 5.74) is -0.599. The van der Waals surface area contributed by atoms with Crippen LogP contribution in [0.15, 0.2) is 9.05 Å². The second-order valence-corrected chi connectivity index (χ2v) is 19.8. The summed E-state index contributed by atoms with van der Waals surface area (Å²) in [7, 11) is 3.94. The van der Waals surface area contributed by atoms with E-state index in [-0.39, 0.29) is 60.0 Å². The molecule has 2 aromatic heterocycles. The second-order valence-electron chi connectivity index (χ2n) is 19.8. The van der Waals surface area contributed by atoms with Crippen LogP contribution in [-0.4, -0.2) is 117 Å². The van der Waals surface area contributed by atoms with Crippen LogP contribution in [0.3, 0.4) is 0 Å². The van der Waals surface area contributed by atoms with Gasteiger partial charge in [0.1, 0.15) is 5.60 Å². The molecule has 0 bridgehead atoms. The van der Waals surface area contributed by atoms with E-state index in [2.05, 4.69) is 30.9 Å². The molecule has 2 saturated carbocycles. The number of carbonyl (C=O) groups excluding carboxylic acids is 3. The van der Waals surface area contributed by atoms with Gasteiger partial charge in [-0.15, -0.1) is 0 Å². The van der Waals surface area contributed by atoms with E-state index in [4.69, 9.17) is 13.8 Å². The summed E-state index contributed by atoms with van der Waals surface area (Å²) in [6.45, 7) is 8.04. The van der Waals surface area contributed by atoms with Crippen LogP contribution in [0.5, 0.6) is 0 Å². The first-order chi connectivity index (χ1) is 29.8. The van der Waals surface area contributed by atoms with Crippen molar-refractivity contribution in [1.82, 2.24) is 40.7 Å². The number of aliphatic carboxylic acids is 1. The topological polar surface area (TPSA) is 206 Å². The lowest BCUT2D eigenvalue weighted by Gasteiger charge is -2.44. The third kappa shape index (κ3) is 13.5. The summed E-state index contributed by atoms with van der Waals surface area (Å²) < 4.78 is 16.9. The predicted molar refractivity (Wildman–Crippen MR) is 231 cm³/mol. The molecule has 2 unspecified atom stereocenters. The van der Waals surface area contributed by atoms with Crippen molar-refractivity contribution in [2.75, 3.05) is 40.3 Å². The lowest BCUT2D eigenvalue weighted by Crippen LogP contribution is -2.53. The van der Waals surface area contributed by atoms with Gasteiger partial charge in [-0.25, -0.2) is 0 Å². The summed E-state index contributed by atoms with van der Waals surface area (Å²) in [6, 6.07) is 0.683. The molecule has 2 aromatic rings. The monoisotopic (exact) mass is 867 g/mol. The number of esters is 1. The fourth-order valence-electron chi connectivity index (χ4n) is 10.7.